The number of nitrogens with zero attached hydrogens (tertiary/aromatic N) is 1. The molecule has 0 spiro atoms. The van der Waals surface area contributed by atoms with Gasteiger partial charge in [0.1, 0.15) is 11.8 Å². The normalized spacial score (nSPS) is 19.7. The van der Waals surface area contributed by atoms with E-state index in [0.717, 1.165) is 6.54 Å². The van der Waals surface area contributed by atoms with Crippen LogP contribution in [-0.4, -0.2) is 43.8 Å². The standard InChI is InChI=1S/C11H15N3O3/c1-16-11-8(3-2-4-13-11)14-10(15)9-7-12-5-6-17-9/h2-4,9,12H,5-7H2,1H3,(H,14,15). The van der Waals surface area contributed by atoms with Crippen molar-refractivity contribution >= 4 is 11.6 Å². The van der Waals surface area contributed by atoms with Gasteiger partial charge in [0.25, 0.3) is 5.91 Å². The lowest BCUT2D eigenvalue weighted by atomic mass is 10.2. The van der Waals surface area contributed by atoms with Crippen molar-refractivity contribution in [2.24, 2.45) is 0 Å². The van der Waals surface area contributed by atoms with Gasteiger partial charge in [-0.1, -0.05) is 0 Å². The van der Waals surface area contributed by atoms with Gasteiger partial charge in [-0.15, -0.1) is 0 Å². The van der Waals surface area contributed by atoms with Crippen LogP contribution in [-0.2, 0) is 9.53 Å². The van der Waals surface area contributed by atoms with E-state index >= 15 is 0 Å². The highest BCUT2D eigenvalue weighted by Crippen LogP contribution is 2.20. The number of pyridine rings is 1. The number of anilines is 1. The Balaban J connectivity index is 2.01. The molecule has 1 aliphatic heterocycles. The number of aromatic nitrogens is 1. The molecule has 2 N–H and O–H groups in total. The first-order chi connectivity index (χ1) is 8.31. The minimum atomic E-state index is -0.464. The summed E-state index contributed by atoms with van der Waals surface area (Å²) in [6, 6.07) is 3.47. The molecule has 1 aromatic rings. The summed E-state index contributed by atoms with van der Waals surface area (Å²) in [6.07, 6.45) is 1.14. The highest BCUT2D eigenvalue weighted by molar-refractivity contribution is 5.95. The van der Waals surface area contributed by atoms with E-state index in [0.29, 0.717) is 24.7 Å². The first-order valence-electron chi connectivity index (χ1n) is 5.43. The van der Waals surface area contributed by atoms with Gasteiger partial charge in [0, 0.05) is 19.3 Å². The fourth-order valence-electron chi connectivity index (χ4n) is 1.60. The number of amides is 1. The molecular formula is C11H15N3O3. The van der Waals surface area contributed by atoms with Crippen molar-refractivity contribution in [2.45, 2.75) is 6.10 Å². The van der Waals surface area contributed by atoms with Crippen LogP contribution >= 0.6 is 0 Å². The summed E-state index contributed by atoms with van der Waals surface area (Å²) in [5, 5.41) is 5.84. The van der Waals surface area contributed by atoms with E-state index in [1.807, 2.05) is 0 Å². The largest absolute Gasteiger partial charge is 0.480 e. The lowest BCUT2D eigenvalue weighted by Gasteiger charge is -2.22. The third-order valence-electron chi connectivity index (χ3n) is 2.44. The van der Waals surface area contributed by atoms with E-state index in [2.05, 4.69) is 15.6 Å². The number of methoxy groups -OCH3 is 1. The molecule has 2 heterocycles. The number of carbonyl (C=O) groups excluding carboxylic acids is 1. The molecule has 1 saturated heterocycles. The molecule has 1 amide bonds. The summed E-state index contributed by atoms with van der Waals surface area (Å²) < 4.78 is 10.4. The Morgan fingerprint density at radius 1 is 1.71 bits per heavy atom. The number of hydrogen-bond acceptors (Lipinski definition) is 5. The topological polar surface area (TPSA) is 72.5 Å². The smallest absolute Gasteiger partial charge is 0.254 e. The molecule has 6 heteroatoms. The van der Waals surface area contributed by atoms with E-state index in [1.165, 1.54) is 7.11 Å². The Kier molecular flexibility index (Phi) is 3.89. The molecular weight excluding hydrogens is 222 g/mol. The van der Waals surface area contributed by atoms with Crippen molar-refractivity contribution in [3.63, 3.8) is 0 Å². The highest BCUT2D eigenvalue weighted by Gasteiger charge is 2.22. The van der Waals surface area contributed by atoms with Crippen LogP contribution in [0, 0.1) is 0 Å². The maximum Gasteiger partial charge on any atom is 0.254 e. The van der Waals surface area contributed by atoms with Crippen LogP contribution in [0.15, 0.2) is 18.3 Å². The lowest BCUT2D eigenvalue weighted by Crippen LogP contribution is -2.45. The minimum absolute atomic E-state index is 0.191. The van der Waals surface area contributed by atoms with Crippen LogP contribution in [0.2, 0.25) is 0 Å². The fraction of sp³-hybridized carbons (Fsp3) is 0.455. The molecule has 1 aliphatic rings. The minimum Gasteiger partial charge on any atom is -0.480 e. The Morgan fingerprint density at radius 2 is 2.59 bits per heavy atom. The molecule has 1 unspecified atom stereocenters. The van der Waals surface area contributed by atoms with Crippen molar-refractivity contribution in [1.29, 1.82) is 0 Å². The van der Waals surface area contributed by atoms with Gasteiger partial charge in [0.15, 0.2) is 0 Å². The summed E-state index contributed by atoms with van der Waals surface area (Å²) in [4.78, 5) is 15.9. The second kappa shape index (κ2) is 5.60. The van der Waals surface area contributed by atoms with E-state index in [9.17, 15) is 4.79 Å². The van der Waals surface area contributed by atoms with Crippen LogP contribution in [0.1, 0.15) is 0 Å². The van der Waals surface area contributed by atoms with Crippen molar-refractivity contribution in [2.75, 3.05) is 32.1 Å². The second-order valence-corrected chi connectivity index (χ2v) is 3.61. The van der Waals surface area contributed by atoms with Gasteiger partial charge >= 0.3 is 0 Å². The van der Waals surface area contributed by atoms with Gasteiger partial charge in [-0.3, -0.25) is 4.79 Å². The number of morpholine rings is 1. The molecule has 17 heavy (non-hydrogen) atoms. The van der Waals surface area contributed by atoms with E-state index in [-0.39, 0.29) is 5.91 Å². The fourth-order valence-corrected chi connectivity index (χ4v) is 1.60. The summed E-state index contributed by atoms with van der Waals surface area (Å²) in [5.41, 5.74) is 0.550. The zero-order valence-electron chi connectivity index (χ0n) is 9.60. The molecule has 0 bridgehead atoms. The monoisotopic (exact) mass is 237 g/mol. The lowest BCUT2D eigenvalue weighted by molar-refractivity contribution is -0.128. The van der Waals surface area contributed by atoms with Gasteiger partial charge in [0.2, 0.25) is 5.88 Å². The van der Waals surface area contributed by atoms with E-state index in [4.69, 9.17) is 9.47 Å². The highest BCUT2D eigenvalue weighted by atomic mass is 16.5. The average Bonchev–Trinajstić information content (AvgIpc) is 2.40. The summed E-state index contributed by atoms with van der Waals surface area (Å²) in [6.45, 7) is 1.84. The van der Waals surface area contributed by atoms with Crippen molar-refractivity contribution in [3.8, 4) is 5.88 Å². The number of carbonyl (C=O) groups is 1. The molecule has 0 aromatic carbocycles. The molecule has 1 aromatic heterocycles. The SMILES string of the molecule is COc1ncccc1NC(=O)C1CNCCO1. The van der Waals surface area contributed by atoms with Crippen LogP contribution in [0.3, 0.4) is 0 Å². The molecule has 2 rings (SSSR count). The zero-order chi connectivity index (χ0) is 12.1. The summed E-state index contributed by atoms with van der Waals surface area (Å²) >= 11 is 0. The van der Waals surface area contributed by atoms with Crippen LogP contribution < -0.4 is 15.4 Å². The maximum absolute atomic E-state index is 11.9. The second-order valence-electron chi connectivity index (χ2n) is 3.61. The van der Waals surface area contributed by atoms with Crippen molar-refractivity contribution in [1.82, 2.24) is 10.3 Å². The van der Waals surface area contributed by atoms with Gasteiger partial charge < -0.3 is 20.1 Å². The molecule has 1 fully saturated rings. The Morgan fingerprint density at radius 3 is 3.29 bits per heavy atom. The number of hydrogen-bond donors (Lipinski definition) is 2. The Hall–Kier alpha value is -1.66. The Bertz CT molecular complexity index is 391. The van der Waals surface area contributed by atoms with Gasteiger partial charge in [-0.2, -0.15) is 0 Å². The summed E-state index contributed by atoms with van der Waals surface area (Å²) in [7, 11) is 1.51. The van der Waals surface area contributed by atoms with Gasteiger partial charge in [-0.25, -0.2) is 4.98 Å². The molecule has 6 nitrogen and oxygen atoms in total. The summed E-state index contributed by atoms with van der Waals surface area (Å²) in [5.74, 6) is 0.202. The van der Waals surface area contributed by atoms with Gasteiger partial charge in [-0.05, 0) is 12.1 Å². The number of ether oxygens (including phenoxy) is 2. The van der Waals surface area contributed by atoms with Crippen molar-refractivity contribution < 1.29 is 14.3 Å². The zero-order valence-corrected chi connectivity index (χ0v) is 9.60. The molecule has 1 atom stereocenters. The number of nitrogens with one attached hydrogen (secondary N) is 2. The van der Waals surface area contributed by atoms with Crippen LogP contribution in [0.5, 0.6) is 5.88 Å². The maximum atomic E-state index is 11.9. The first kappa shape index (κ1) is 11.8. The third-order valence-corrected chi connectivity index (χ3v) is 2.44. The third kappa shape index (κ3) is 2.92. The molecule has 0 saturated carbocycles. The van der Waals surface area contributed by atoms with E-state index < -0.39 is 6.10 Å². The quantitative estimate of drug-likeness (QED) is 0.775. The molecule has 0 radical (unpaired) electrons. The first-order valence-corrected chi connectivity index (χ1v) is 5.43. The van der Waals surface area contributed by atoms with E-state index in [1.54, 1.807) is 18.3 Å². The number of rotatable bonds is 3. The van der Waals surface area contributed by atoms with Crippen LogP contribution in [0.25, 0.3) is 0 Å². The van der Waals surface area contributed by atoms with Crippen molar-refractivity contribution in [3.05, 3.63) is 18.3 Å². The van der Waals surface area contributed by atoms with Crippen LogP contribution in [0.4, 0.5) is 5.69 Å². The molecule has 0 aliphatic carbocycles. The van der Waals surface area contributed by atoms with Gasteiger partial charge in [0.05, 0.1) is 13.7 Å². The predicted molar refractivity (Wildman–Crippen MR) is 62.0 cm³/mol. The Labute approximate surface area is 99.3 Å². The average molecular weight is 237 g/mol. The predicted octanol–water partition coefficient (Wildman–Crippen LogP) is 0.0171. The molecule has 92 valence electrons.